The van der Waals surface area contributed by atoms with E-state index < -0.39 is 0 Å². The van der Waals surface area contributed by atoms with Crippen LogP contribution in [0.25, 0.3) is 0 Å². The molecule has 0 saturated heterocycles. The molecular formula is C16H16BrN3O2S. The van der Waals surface area contributed by atoms with Crippen molar-refractivity contribution in [2.45, 2.75) is 13.5 Å². The van der Waals surface area contributed by atoms with Crippen molar-refractivity contribution in [3.63, 3.8) is 0 Å². The molecule has 0 unspecified atom stereocenters. The lowest BCUT2D eigenvalue weighted by Gasteiger charge is -2.19. The maximum Gasteiger partial charge on any atom is 0.172 e. The van der Waals surface area contributed by atoms with E-state index in [0.717, 1.165) is 27.1 Å². The van der Waals surface area contributed by atoms with Gasteiger partial charge in [-0.25, -0.2) is 4.98 Å². The average molecular weight is 394 g/mol. The minimum atomic E-state index is 0.511. The first-order valence-electron chi connectivity index (χ1n) is 7.17. The summed E-state index contributed by atoms with van der Waals surface area (Å²) in [6, 6.07) is 7.85. The van der Waals surface area contributed by atoms with Gasteiger partial charge in [-0.05, 0) is 64.4 Å². The predicted molar refractivity (Wildman–Crippen MR) is 97.2 cm³/mol. The highest BCUT2D eigenvalue weighted by molar-refractivity contribution is 9.10. The standard InChI is InChI=1S/C16H16BrN3O2S/c1-10-6-12(17)15(18-8-10)20-16(23)19-9-11-2-3-13-14(7-11)22-5-4-21-13/h2-3,6-8H,4-5,9H2,1H3,(H2,18,19,20,23). The van der Waals surface area contributed by atoms with Gasteiger partial charge in [-0.3, -0.25) is 0 Å². The Kier molecular flexibility index (Phi) is 4.97. The lowest BCUT2D eigenvalue weighted by Crippen LogP contribution is -2.28. The fourth-order valence-electron chi connectivity index (χ4n) is 2.16. The Morgan fingerprint density at radius 3 is 2.83 bits per heavy atom. The number of halogens is 1. The van der Waals surface area contributed by atoms with E-state index in [1.165, 1.54) is 0 Å². The first kappa shape index (κ1) is 16.0. The van der Waals surface area contributed by atoms with Crippen LogP contribution in [0.4, 0.5) is 5.82 Å². The quantitative estimate of drug-likeness (QED) is 0.779. The second kappa shape index (κ2) is 7.14. The van der Waals surface area contributed by atoms with E-state index in [1.54, 1.807) is 6.20 Å². The number of rotatable bonds is 3. The van der Waals surface area contributed by atoms with Gasteiger partial charge in [0, 0.05) is 12.7 Å². The largest absolute Gasteiger partial charge is 0.486 e. The van der Waals surface area contributed by atoms with Crippen molar-refractivity contribution in [3.05, 3.63) is 46.1 Å². The van der Waals surface area contributed by atoms with Crippen molar-refractivity contribution in [2.75, 3.05) is 18.5 Å². The Morgan fingerprint density at radius 1 is 1.26 bits per heavy atom. The number of nitrogens with zero attached hydrogens (tertiary/aromatic N) is 1. The summed E-state index contributed by atoms with van der Waals surface area (Å²) in [6.45, 7) is 3.75. The molecule has 0 fully saturated rings. The molecule has 120 valence electrons. The van der Waals surface area contributed by atoms with Crippen LogP contribution in [0.3, 0.4) is 0 Å². The third-order valence-corrected chi connectivity index (χ3v) is 4.12. The summed E-state index contributed by atoms with van der Waals surface area (Å²) >= 11 is 8.78. The van der Waals surface area contributed by atoms with E-state index in [2.05, 4.69) is 31.5 Å². The van der Waals surface area contributed by atoms with Crippen LogP contribution in [-0.4, -0.2) is 23.3 Å². The van der Waals surface area contributed by atoms with Gasteiger partial charge in [0.05, 0.1) is 4.47 Å². The molecule has 1 aromatic heterocycles. The molecule has 2 heterocycles. The van der Waals surface area contributed by atoms with Gasteiger partial charge in [0.25, 0.3) is 0 Å². The van der Waals surface area contributed by atoms with Crippen LogP contribution in [0.1, 0.15) is 11.1 Å². The smallest absolute Gasteiger partial charge is 0.172 e. The zero-order valence-corrected chi connectivity index (χ0v) is 15.0. The second-order valence-corrected chi connectivity index (χ2v) is 6.39. The third-order valence-electron chi connectivity index (χ3n) is 3.27. The Morgan fingerprint density at radius 2 is 2.04 bits per heavy atom. The molecule has 0 radical (unpaired) electrons. The minimum absolute atomic E-state index is 0.511. The van der Waals surface area contributed by atoms with Crippen molar-refractivity contribution in [3.8, 4) is 11.5 Å². The number of anilines is 1. The van der Waals surface area contributed by atoms with Gasteiger partial charge >= 0.3 is 0 Å². The minimum Gasteiger partial charge on any atom is -0.486 e. The van der Waals surface area contributed by atoms with Gasteiger partial charge in [0.15, 0.2) is 16.6 Å². The number of pyridine rings is 1. The maximum atomic E-state index is 5.58. The number of benzene rings is 1. The third kappa shape index (κ3) is 4.11. The number of nitrogens with one attached hydrogen (secondary N) is 2. The normalized spacial score (nSPS) is 12.6. The fraction of sp³-hybridized carbons (Fsp3) is 0.250. The zero-order chi connectivity index (χ0) is 16.2. The number of aromatic nitrogens is 1. The predicted octanol–water partition coefficient (Wildman–Crippen LogP) is 3.41. The van der Waals surface area contributed by atoms with Crippen LogP contribution in [0, 0.1) is 6.92 Å². The summed E-state index contributed by atoms with van der Waals surface area (Å²) in [5.41, 5.74) is 2.15. The van der Waals surface area contributed by atoms with Crippen molar-refractivity contribution < 1.29 is 9.47 Å². The molecule has 1 aromatic carbocycles. The molecule has 7 heteroatoms. The molecule has 0 saturated carbocycles. The number of thiocarbonyl (C=S) groups is 1. The Balaban J connectivity index is 1.58. The van der Waals surface area contributed by atoms with Gasteiger partial charge in [-0.15, -0.1) is 0 Å². The molecule has 0 atom stereocenters. The second-order valence-electron chi connectivity index (χ2n) is 5.13. The van der Waals surface area contributed by atoms with Crippen molar-refractivity contribution >= 4 is 39.1 Å². The monoisotopic (exact) mass is 393 g/mol. The molecule has 1 aliphatic rings. The van der Waals surface area contributed by atoms with Gasteiger partial charge < -0.3 is 20.1 Å². The van der Waals surface area contributed by atoms with Gasteiger partial charge in [0.1, 0.15) is 19.0 Å². The molecule has 2 N–H and O–H groups in total. The highest BCUT2D eigenvalue weighted by Gasteiger charge is 2.11. The first-order chi connectivity index (χ1) is 11.1. The molecule has 23 heavy (non-hydrogen) atoms. The Hall–Kier alpha value is -1.86. The number of hydrogen-bond acceptors (Lipinski definition) is 4. The molecule has 0 amide bonds. The van der Waals surface area contributed by atoms with Gasteiger partial charge in [0.2, 0.25) is 0 Å². The van der Waals surface area contributed by atoms with E-state index in [9.17, 15) is 0 Å². The highest BCUT2D eigenvalue weighted by atomic mass is 79.9. The Bertz CT molecular complexity index is 739. The summed E-state index contributed by atoms with van der Waals surface area (Å²) in [7, 11) is 0. The summed E-state index contributed by atoms with van der Waals surface area (Å²) < 4.78 is 12.0. The summed E-state index contributed by atoms with van der Waals surface area (Å²) in [6.07, 6.45) is 1.79. The maximum absolute atomic E-state index is 5.58. The lowest BCUT2D eigenvalue weighted by molar-refractivity contribution is 0.171. The van der Waals surface area contributed by atoms with E-state index in [-0.39, 0.29) is 0 Å². The molecule has 1 aliphatic heterocycles. The first-order valence-corrected chi connectivity index (χ1v) is 8.37. The SMILES string of the molecule is Cc1cnc(NC(=S)NCc2ccc3c(c2)OCCO3)c(Br)c1. The van der Waals surface area contributed by atoms with Crippen LogP contribution >= 0.6 is 28.1 Å². The highest BCUT2D eigenvalue weighted by Crippen LogP contribution is 2.30. The molecule has 0 bridgehead atoms. The molecular weight excluding hydrogens is 378 g/mol. The van der Waals surface area contributed by atoms with Crippen molar-refractivity contribution in [2.24, 2.45) is 0 Å². The number of hydrogen-bond donors (Lipinski definition) is 2. The zero-order valence-electron chi connectivity index (χ0n) is 12.6. The van der Waals surface area contributed by atoms with Crippen molar-refractivity contribution in [1.82, 2.24) is 10.3 Å². The van der Waals surface area contributed by atoms with Gasteiger partial charge in [-0.2, -0.15) is 0 Å². The summed E-state index contributed by atoms with van der Waals surface area (Å²) in [4.78, 5) is 4.31. The number of aryl methyl sites for hydroxylation is 1. The topological polar surface area (TPSA) is 55.4 Å². The number of fused-ring (bicyclic) bond motifs is 1. The summed E-state index contributed by atoms with van der Waals surface area (Å²) in [5.74, 6) is 2.25. The molecule has 2 aromatic rings. The van der Waals surface area contributed by atoms with E-state index >= 15 is 0 Å². The van der Waals surface area contributed by atoms with Crippen molar-refractivity contribution in [1.29, 1.82) is 0 Å². The molecule has 0 aliphatic carbocycles. The Labute approximate surface area is 148 Å². The molecule has 0 spiro atoms. The molecule has 5 nitrogen and oxygen atoms in total. The van der Waals surface area contributed by atoms with Crippen LogP contribution in [0.5, 0.6) is 11.5 Å². The van der Waals surface area contributed by atoms with Crippen LogP contribution in [0.2, 0.25) is 0 Å². The fourth-order valence-corrected chi connectivity index (χ4v) is 2.89. The summed E-state index contributed by atoms with van der Waals surface area (Å²) in [5, 5.41) is 6.75. The van der Waals surface area contributed by atoms with E-state index in [4.69, 9.17) is 21.7 Å². The molecule has 3 rings (SSSR count). The van der Waals surface area contributed by atoms with E-state index in [0.29, 0.717) is 30.7 Å². The van der Waals surface area contributed by atoms with Crippen LogP contribution in [0.15, 0.2) is 34.9 Å². The lowest BCUT2D eigenvalue weighted by atomic mass is 10.2. The van der Waals surface area contributed by atoms with E-state index in [1.807, 2.05) is 31.2 Å². The van der Waals surface area contributed by atoms with Crippen LogP contribution in [-0.2, 0) is 6.54 Å². The average Bonchev–Trinajstić information content (AvgIpc) is 2.55. The van der Waals surface area contributed by atoms with Gasteiger partial charge in [-0.1, -0.05) is 6.07 Å². The van der Waals surface area contributed by atoms with Crippen LogP contribution < -0.4 is 20.1 Å². The number of ether oxygens (including phenoxy) is 2.